The summed E-state index contributed by atoms with van der Waals surface area (Å²) in [6, 6.07) is 9.41. The minimum Gasteiger partial charge on any atom is -0.458 e. The standard InChI is InChI=1S/C27H34O3/c1-3-27-16-13-20(28)17-19(27)9-10-21-22-11-12-24(26(22,2)15-14-23(21)27)30-25(29)18-7-5-4-6-8-18/h4-8,17,21-24H,3,9-16H2,1-2H3/t21-,22-,23-,24?,26-,27-/m0/s1. The number of carbonyl (C=O) groups is 2. The van der Waals surface area contributed by atoms with Crippen molar-refractivity contribution in [1.82, 2.24) is 0 Å². The Bertz CT molecular complexity index is 871. The fraction of sp³-hybridized carbons (Fsp3) is 0.630. The number of esters is 1. The molecule has 0 amide bonds. The van der Waals surface area contributed by atoms with E-state index in [1.54, 1.807) is 0 Å². The molecule has 1 aromatic carbocycles. The zero-order valence-electron chi connectivity index (χ0n) is 18.4. The van der Waals surface area contributed by atoms with E-state index in [1.807, 2.05) is 36.4 Å². The molecule has 0 aromatic heterocycles. The quantitative estimate of drug-likeness (QED) is 0.567. The normalized spacial score (nSPS) is 40.1. The van der Waals surface area contributed by atoms with Gasteiger partial charge in [0.15, 0.2) is 5.78 Å². The van der Waals surface area contributed by atoms with E-state index in [0.29, 0.717) is 29.1 Å². The smallest absolute Gasteiger partial charge is 0.338 e. The van der Waals surface area contributed by atoms with Crippen LogP contribution in [-0.4, -0.2) is 17.9 Å². The van der Waals surface area contributed by atoms with E-state index in [0.717, 1.165) is 38.5 Å². The van der Waals surface area contributed by atoms with Crippen LogP contribution in [0.3, 0.4) is 0 Å². The molecule has 1 unspecified atom stereocenters. The number of hydrogen-bond donors (Lipinski definition) is 0. The van der Waals surface area contributed by atoms with Gasteiger partial charge in [0.2, 0.25) is 0 Å². The van der Waals surface area contributed by atoms with E-state index < -0.39 is 0 Å². The number of fused-ring (bicyclic) bond motifs is 5. The molecule has 1 aromatic rings. The lowest BCUT2D eigenvalue weighted by molar-refractivity contribution is -0.118. The Kier molecular flexibility index (Phi) is 4.91. The lowest BCUT2D eigenvalue weighted by atomic mass is 9.46. The van der Waals surface area contributed by atoms with E-state index in [4.69, 9.17) is 4.74 Å². The van der Waals surface area contributed by atoms with Crippen molar-refractivity contribution in [3.63, 3.8) is 0 Å². The highest BCUT2D eigenvalue weighted by atomic mass is 16.5. The maximum Gasteiger partial charge on any atom is 0.338 e. The van der Waals surface area contributed by atoms with Crippen molar-refractivity contribution in [3.8, 4) is 0 Å². The van der Waals surface area contributed by atoms with Gasteiger partial charge in [-0.05, 0) is 92.7 Å². The maximum atomic E-state index is 12.8. The second-order valence-electron chi connectivity index (χ2n) is 10.4. The molecule has 30 heavy (non-hydrogen) atoms. The first-order valence-electron chi connectivity index (χ1n) is 12.0. The van der Waals surface area contributed by atoms with Gasteiger partial charge in [-0.3, -0.25) is 4.79 Å². The molecular weight excluding hydrogens is 372 g/mol. The topological polar surface area (TPSA) is 43.4 Å². The van der Waals surface area contributed by atoms with Crippen LogP contribution >= 0.6 is 0 Å². The SMILES string of the molecule is CC[C@]12CCC(=O)C=C1CC[C@@H]1[C@@H]2CC[C@]2(C)C(OC(=O)c3ccccc3)CC[C@@H]12. The van der Waals surface area contributed by atoms with Crippen molar-refractivity contribution < 1.29 is 14.3 Å². The van der Waals surface area contributed by atoms with Gasteiger partial charge < -0.3 is 4.74 Å². The van der Waals surface area contributed by atoms with Crippen LogP contribution in [0.5, 0.6) is 0 Å². The zero-order valence-corrected chi connectivity index (χ0v) is 18.4. The van der Waals surface area contributed by atoms with Crippen molar-refractivity contribution in [3.05, 3.63) is 47.5 Å². The van der Waals surface area contributed by atoms with Crippen LogP contribution in [0.2, 0.25) is 0 Å². The first kappa shape index (κ1) is 20.0. The molecule has 3 nitrogen and oxygen atoms in total. The summed E-state index contributed by atoms with van der Waals surface area (Å²) in [6.45, 7) is 4.72. The molecule has 0 aliphatic heterocycles. The van der Waals surface area contributed by atoms with Crippen LogP contribution in [-0.2, 0) is 9.53 Å². The van der Waals surface area contributed by atoms with Crippen LogP contribution in [0, 0.1) is 28.6 Å². The minimum atomic E-state index is -0.172. The van der Waals surface area contributed by atoms with Crippen LogP contribution in [0.4, 0.5) is 0 Å². The van der Waals surface area contributed by atoms with Crippen molar-refractivity contribution in [1.29, 1.82) is 0 Å². The largest absolute Gasteiger partial charge is 0.458 e. The van der Waals surface area contributed by atoms with Gasteiger partial charge in [0, 0.05) is 11.8 Å². The first-order valence-corrected chi connectivity index (χ1v) is 12.0. The van der Waals surface area contributed by atoms with Gasteiger partial charge in [-0.15, -0.1) is 0 Å². The van der Waals surface area contributed by atoms with E-state index in [1.165, 1.54) is 24.8 Å². The molecule has 4 aliphatic carbocycles. The molecule has 0 saturated heterocycles. The molecule has 3 fully saturated rings. The summed E-state index contributed by atoms with van der Waals surface area (Å²) in [5, 5.41) is 0. The Labute approximate surface area is 180 Å². The van der Waals surface area contributed by atoms with Crippen LogP contribution in [0.25, 0.3) is 0 Å². The highest BCUT2D eigenvalue weighted by Gasteiger charge is 2.60. The summed E-state index contributed by atoms with van der Waals surface area (Å²) < 4.78 is 6.13. The molecule has 3 heteroatoms. The fourth-order valence-corrected chi connectivity index (χ4v) is 7.94. The lowest BCUT2D eigenvalue weighted by Crippen LogP contribution is -2.52. The third-order valence-corrected chi connectivity index (χ3v) is 9.49. The molecular formula is C27H34O3. The molecule has 0 spiro atoms. The third kappa shape index (κ3) is 2.92. The average Bonchev–Trinajstić information content (AvgIpc) is 3.10. The number of allylic oxidation sites excluding steroid dienone is 1. The molecule has 3 saturated carbocycles. The van der Waals surface area contributed by atoms with Gasteiger partial charge in [0.05, 0.1) is 5.56 Å². The molecule has 4 aliphatic rings. The molecule has 6 atom stereocenters. The summed E-state index contributed by atoms with van der Waals surface area (Å²) in [5.41, 5.74) is 2.45. The Morgan fingerprint density at radius 3 is 2.60 bits per heavy atom. The number of hydrogen-bond acceptors (Lipinski definition) is 3. The first-order chi connectivity index (χ1) is 14.5. The highest BCUT2D eigenvalue weighted by Crippen LogP contribution is 2.66. The maximum absolute atomic E-state index is 12.8. The Balaban J connectivity index is 1.38. The predicted octanol–water partition coefficient (Wildman–Crippen LogP) is 6.13. The predicted molar refractivity (Wildman–Crippen MR) is 117 cm³/mol. The van der Waals surface area contributed by atoms with Crippen molar-refractivity contribution in [2.24, 2.45) is 28.6 Å². The van der Waals surface area contributed by atoms with E-state index >= 15 is 0 Å². The highest BCUT2D eigenvalue weighted by molar-refractivity contribution is 5.91. The number of ketones is 1. The summed E-state index contributed by atoms with van der Waals surface area (Å²) >= 11 is 0. The van der Waals surface area contributed by atoms with Crippen LogP contribution in [0.1, 0.15) is 82.0 Å². The summed E-state index contributed by atoms with van der Waals surface area (Å²) in [6.07, 6.45) is 11.7. The Morgan fingerprint density at radius 2 is 1.83 bits per heavy atom. The van der Waals surface area contributed by atoms with E-state index in [2.05, 4.69) is 13.8 Å². The molecule has 160 valence electrons. The molecule has 0 N–H and O–H groups in total. The van der Waals surface area contributed by atoms with Gasteiger partial charge in [-0.1, -0.05) is 37.6 Å². The van der Waals surface area contributed by atoms with Gasteiger partial charge in [-0.25, -0.2) is 4.79 Å². The van der Waals surface area contributed by atoms with E-state index in [-0.39, 0.29) is 22.9 Å². The van der Waals surface area contributed by atoms with Crippen molar-refractivity contribution in [2.75, 3.05) is 0 Å². The Hall–Kier alpha value is -1.90. The molecule has 0 heterocycles. The van der Waals surface area contributed by atoms with Crippen LogP contribution < -0.4 is 0 Å². The average molecular weight is 407 g/mol. The molecule has 0 bridgehead atoms. The van der Waals surface area contributed by atoms with E-state index in [9.17, 15) is 9.59 Å². The molecule has 5 rings (SSSR count). The summed E-state index contributed by atoms with van der Waals surface area (Å²) in [5.74, 6) is 2.19. The van der Waals surface area contributed by atoms with Crippen molar-refractivity contribution >= 4 is 11.8 Å². The van der Waals surface area contributed by atoms with Crippen LogP contribution in [0.15, 0.2) is 42.0 Å². The monoisotopic (exact) mass is 406 g/mol. The van der Waals surface area contributed by atoms with Gasteiger partial charge in [-0.2, -0.15) is 0 Å². The third-order valence-electron chi connectivity index (χ3n) is 9.49. The number of rotatable bonds is 3. The summed E-state index contributed by atoms with van der Waals surface area (Å²) in [4.78, 5) is 24.9. The lowest BCUT2D eigenvalue weighted by Gasteiger charge is -2.58. The zero-order chi connectivity index (χ0) is 20.9. The van der Waals surface area contributed by atoms with Gasteiger partial charge in [0.25, 0.3) is 0 Å². The number of benzene rings is 1. The second kappa shape index (κ2) is 7.35. The summed E-state index contributed by atoms with van der Waals surface area (Å²) in [7, 11) is 0. The minimum absolute atomic E-state index is 0.0265. The molecule has 0 radical (unpaired) electrons. The van der Waals surface area contributed by atoms with Crippen molar-refractivity contribution in [2.45, 2.75) is 77.7 Å². The number of ether oxygens (including phenoxy) is 1. The fourth-order valence-electron chi connectivity index (χ4n) is 7.94. The van der Waals surface area contributed by atoms with Gasteiger partial charge >= 0.3 is 5.97 Å². The second-order valence-corrected chi connectivity index (χ2v) is 10.4. The van der Waals surface area contributed by atoms with Gasteiger partial charge in [0.1, 0.15) is 6.10 Å². The number of carbonyl (C=O) groups excluding carboxylic acids is 2. The Morgan fingerprint density at radius 1 is 1.03 bits per heavy atom.